The summed E-state index contributed by atoms with van der Waals surface area (Å²) in [6, 6.07) is 52.4. The lowest BCUT2D eigenvalue weighted by Crippen LogP contribution is -1.94. The van der Waals surface area contributed by atoms with Crippen LogP contribution in [0, 0.1) is 0 Å². The molecule has 2 heteroatoms. The Labute approximate surface area is 873 Å². The predicted octanol–water partition coefficient (Wildman–Crippen LogP) is 39.2. The van der Waals surface area contributed by atoms with E-state index in [9.17, 15) is 26.0 Å². The zero-order chi connectivity index (χ0) is 131. The van der Waals surface area contributed by atoms with Gasteiger partial charge in [-0.3, -0.25) is 0 Å². The Balaban J connectivity index is 0.000000133. The fraction of sp³-hybridized carbons (Fsp3) is 0. The van der Waals surface area contributed by atoms with Crippen LogP contribution in [0.25, 0.3) is 274 Å². The molecule has 28 aromatic rings. The molecule has 0 bridgehead atoms. The highest BCUT2D eigenvalue weighted by Crippen LogP contribution is 2.55. The second-order valence-corrected chi connectivity index (χ2v) is 33.1. The number of hydrogen-bond donors (Lipinski definition) is 0. The number of furan rings is 2. The van der Waals surface area contributed by atoms with Gasteiger partial charge in [0.05, 0.1) is 60.3 Å². The Morgan fingerprint density at radius 2 is 0.436 bits per heavy atom. The Kier molecular flexibility index (Phi) is 12.2. The van der Waals surface area contributed by atoms with Gasteiger partial charge >= 0.3 is 0 Å². The second-order valence-electron chi connectivity index (χ2n) is 33.1. The van der Waals surface area contributed by atoms with Crippen molar-refractivity contribution in [3.63, 3.8) is 0 Å². The summed E-state index contributed by atoms with van der Waals surface area (Å²) in [6.07, 6.45) is 0. The molecule has 0 amide bonds. The first-order chi connectivity index (χ1) is 87.8. The molecule has 0 aliphatic heterocycles. The van der Waals surface area contributed by atoms with E-state index in [1.54, 1.807) is 48.5 Å². The summed E-state index contributed by atoms with van der Waals surface area (Å²) in [4.78, 5) is 0. The van der Waals surface area contributed by atoms with E-state index in [1.165, 1.54) is 0 Å². The number of fused-ring (bicyclic) bond motifs is 15. The van der Waals surface area contributed by atoms with E-state index in [2.05, 4.69) is 48.5 Å². The minimum atomic E-state index is -1.09. The molecule has 28 rings (SSSR count). The van der Waals surface area contributed by atoms with Gasteiger partial charge in [0.2, 0.25) is 0 Å². The summed E-state index contributed by atoms with van der Waals surface area (Å²) in [5.74, 6) is 0. The quantitative estimate of drug-likeness (QED) is 0.114. The average molecular weight is 1820 g/mol. The molecule has 26 aromatic carbocycles. The minimum absolute atomic E-state index is 0.147. The molecule has 0 N–H and O–H groups in total. The van der Waals surface area contributed by atoms with Crippen LogP contribution in [0.4, 0.5) is 0 Å². The van der Waals surface area contributed by atoms with Crippen molar-refractivity contribution in [3.8, 4) is 134 Å². The van der Waals surface area contributed by atoms with Crippen LogP contribution < -0.4 is 0 Å². The van der Waals surface area contributed by atoms with Gasteiger partial charge in [-0.25, -0.2) is 0 Å². The van der Waals surface area contributed by atoms with Crippen LogP contribution >= 0.6 is 0 Å². The minimum Gasteiger partial charge on any atom is -0.456 e. The van der Waals surface area contributed by atoms with Crippen molar-refractivity contribution in [2.75, 3.05) is 0 Å². The first kappa shape index (κ1) is 48.7. The molecule has 2 heterocycles. The third-order valence-corrected chi connectivity index (χ3v) is 25.4. The fourth-order valence-corrected chi connectivity index (χ4v) is 19.4. The molecule has 0 unspecified atom stereocenters. The van der Waals surface area contributed by atoms with Crippen molar-refractivity contribution in [2.45, 2.75) is 0 Å². The van der Waals surface area contributed by atoms with Crippen molar-refractivity contribution < 1.29 is 69.1 Å². The fourth-order valence-electron chi connectivity index (χ4n) is 19.4. The lowest BCUT2D eigenvalue weighted by atomic mass is 9.81. The number of hydrogen-bond acceptors (Lipinski definition) is 2. The monoisotopic (exact) mass is 1820 g/mol. The van der Waals surface area contributed by atoms with Crippen LogP contribution in [-0.2, 0) is 0 Å². The Morgan fingerprint density at radius 1 is 0.136 bits per heavy atom. The highest BCUT2D eigenvalue weighted by atomic mass is 16.3. The van der Waals surface area contributed by atoms with Gasteiger partial charge in [0.1, 0.15) is 22.3 Å². The predicted molar refractivity (Wildman–Crippen MR) is 597 cm³/mol. The van der Waals surface area contributed by atoms with Gasteiger partial charge in [-0.2, -0.15) is 0 Å². The van der Waals surface area contributed by atoms with Gasteiger partial charge in [0.15, 0.2) is 0 Å². The zero-order valence-electron chi connectivity index (χ0n) is 117. The van der Waals surface area contributed by atoms with E-state index >= 15 is 0 Å². The van der Waals surface area contributed by atoms with Crippen LogP contribution in [0.15, 0.2) is 542 Å². The van der Waals surface area contributed by atoms with Crippen LogP contribution in [0.2, 0.25) is 0 Å². The van der Waals surface area contributed by atoms with Gasteiger partial charge in [0, 0.05) is 32.7 Å². The second kappa shape index (κ2) is 35.2. The molecule has 0 atom stereocenters. The summed E-state index contributed by atoms with van der Waals surface area (Å²) >= 11 is 0. The van der Waals surface area contributed by atoms with Crippen LogP contribution in [0.3, 0.4) is 0 Å². The summed E-state index contributed by atoms with van der Waals surface area (Å²) < 4.78 is 413. The Hall–Kier alpha value is -18.3. The van der Waals surface area contributed by atoms with Gasteiger partial charge in [-0.1, -0.05) is 478 Å². The first-order valence-electron chi connectivity index (χ1n) is 66.6. The number of rotatable bonds is 12. The zero-order valence-corrected chi connectivity index (χ0v) is 73.2. The average Bonchev–Trinajstić information content (AvgIpc) is 0.776. The molecule has 0 radical (unpaired) electrons. The highest BCUT2D eigenvalue weighted by molar-refractivity contribution is 6.31. The third-order valence-electron chi connectivity index (χ3n) is 25.4. The number of benzene rings is 26. The molecule has 140 heavy (non-hydrogen) atoms. The van der Waals surface area contributed by atoms with E-state index in [-0.39, 0.29) is 103 Å². The van der Waals surface area contributed by atoms with Crippen molar-refractivity contribution >= 4 is 141 Å². The van der Waals surface area contributed by atoms with Crippen LogP contribution in [0.5, 0.6) is 0 Å². The third kappa shape index (κ3) is 14.3. The smallest absolute Gasteiger partial charge is 0.136 e. The van der Waals surface area contributed by atoms with E-state index in [0.29, 0.717) is 77.6 Å². The molecule has 0 spiro atoms. The van der Waals surface area contributed by atoms with Gasteiger partial charge in [0.25, 0.3) is 0 Å². The van der Waals surface area contributed by atoms with E-state index in [1.807, 2.05) is 170 Å². The standard InChI is InChI=1S/C50H32O.C44H28O.C44H28/c1-4-16-33(17-5-1)36-30-37(34-18-6-2-7-19-34)32-38(31-36)39-28-29-46-49(44-26-14-15-27-45(44)51-46)50(39)48-42-24-12-10-22-40(42)47(35-20-8-3-9-21-35)41-23-11-13-25-43(41)48;1-3-14-29(15-4-1)31-18-13-19-32(28-31)33-26-27-40-43(38-24-11-12-25-39(38)45-40)44(33)42-36-22-9-7-20-34(36)41(30-16-5-2-6-17-30)35-21-8-10-23-37(35)42;1-2-14-31-28-32(27-26-29(31)12-1)34-21-10-23-36-35(34)22-11-25-38(36)44-41-19-7-5-17-39(41)43(40-18-6-8-20-42(40)44)37-24-9-15-30-13-3-4-16-33(30)37/h1-32H;1-28H;1-28H/i10D,11D,12D,13D,22D,23D,24D,25D;7D,8D,9D,10D,20D,21D,22D,23D;1D,2D,3D,4D,5D,6D,7D,8D,9D,10D,11D,12D,13D,14D,15D,16D,17D,18D,19D,20D,21D,22D,23D,24D,25D,26D,27D,28D. The SMILES string of the molecule is [2H]c1c([2H])c([2H])c2c(-c3c(-c4cc(-c5ccccc5)cc(-c5ccccc5)c4)ccc4oc5ccccc5c34)c3c([2H])c([2H])c([2H])c([2H])c3c(-c3ccccc3)c2c1[2H].[2H]c1c([2H])c([2H])c2c(-c3c(-c4cccc(-c5ccccc5)c4)ccc4oc5ccccc5c34)c3c([2H])c([2H])c([2H])c([2H])c3c(-c3ccccc3)c2c1[2H].[2H]c1c([2H])c([2H])c2c([2H])c(-c3c([2H])c([2H])c([2H])c4c(-c5c6c([2H])c([2H])c([2H])c([2H])c6c(-c6c([2H])c([2H])c([2H])c7c([2H])c([2H])c([2H])c([2H])c67)c6c([2H])c([2H])c([2H])c([2H])c56)c([2H])c([2H])c([2H])c34)c([2H])c([2H])c2c1[2H]. The molecule has 652 valence electrons. The lowest BCUT2D eigenvalue weighted by molar-refractivity contribution is 0.668. The molecule has 0 aliphatic rings. The molecule has 0 aliphatic carbocycles. The molecule has 2 nitrogen and oxygen atoms in total. The maximum atomic E-state index is 9.67. The van der Waals surface area contributed by atoms with Crippen molar-refractivity contribution in [3.05, 3.63) is 533 Å². The van der Waals surface area contributed by atoms with Gasteiger partial charge in [-0.15, -0.1) is 0 Å². The number of para-hydroxylation sites is 2. The molecular formula is C138H88O2. The maximum absolute atomic E-state index is 9.67. The first-order valence-corrected chi connectivity index (χ1v) is 44.6. The molecular weight excluding hydrogens is 1690 g/mol. The van der Waals surface area contributed by atoms with Gasteiger partial charge < -0.3 is 8.83 Å². The Bertz CT molecular complexity index is 12300. The molecule has 0 fully saturated rings. The van der Waals surface area contributed by atoms with E-state index in [0.717, 1.165) is 55.3 Å². The van der Waals surface area contributed by atoms with Crippen LogP contribution in [0.1, 0.15) is 60.3 Å². The van der Waals surface area contributed by atoms with Crippen molar-refractivity contribution in [1.82, 2.24) is 0 Å². The lowest BCUT2D eigenvalue weighted by Gasteiger charge is -2.21. The van der Waals surface area contributed by atoms with Crippen molar-refractivity contribution in [1.29, 1.82) is 0 Å². The van der Waals surface area contributed by atoms with Crippen molar-refractivity contribution in [2.24, 2.45) is 0 Å². The summed E-state index contributed by atoms with van der Waals surface area (Å²) in [5.41, 5.74) is 9.79. The summed E-state index contributed by atoms with van der Waals surface area (Å²) in [7, 11) is 0. The molecule has 0 saturated heterocycles. The maximum Gasteiger partial charge on any atom is 0.136 e. The largest absolute Gasteiger partial charge is 0.456 e. The van der Waals surface area contributed by atoms with Gasteiger partial charge in [-0.05, 0) is 274 Å². The van der Waals surface area contributed by atoms with E-state index < -0.39 is 305 Å². The van der Waals surface area contributed by atoms with Crippen LogP contribution in [-0.4, -0.2) is 0 Å². The summed E-state index contributed by atoms with van der Waals surface area (Å²) in [6.45, 7) is 0. The van der Waals surface area contributed by atoms with E-state index in [4.69, 9.17) is 43.1 Å². The normalized spacial score (nSPS) is 16.0. The topological polar surface area (TPSA) is 26.3 Å². The molecule has 2 aromatic heterocycles. The molecule has 0 saturated carbocycles. The Morgan fingerprint density at radius 3 is 0.886 bits per heavy atom. The highest BCUT2D eigenvalue weighted by Gasteiger charge is 2.29. The summed E-state index contributed by atoms with van der Waals surface area (Å²) in [5, 5.41) is -3.06.